The molecule has 17 nitrogen and oxygen atoms in total. The minimum Gasteiger partial charge on any atom is -0.394 e. The standard InChI is InChI=1S/C21H24FN8O9PS/c22-21(28-9-27-13-17(23)25-8-26-19(13)28)7-36-12(16(21)34)6-37-40(35,41)39-15-14(33)11(5-31)38-20(15)30-3-1-10(32)18-24-2-4-29(18)30/h1-4,8-9,11-12,14-16,20,31,33-34H,5-7H2,(H,35,41)(H2,23,25,26)/t11-,12-,14-,15-,16-,20-,21-,40-/m1/s1. The normalized spacial score (nSPS) is 31.7. The van der Waals surface area contributed by atoms with E-state index in [0.717, 1.165) is 17.2 Å². The molecule has 2 aliphatic rings. The van der Waals surface area contributed by atoms with E-state index >= 15 is 4.39 Å². The van der Waals surface area contributed by atoms with E-state index in [-0.39, 0.29) is 28.1 Å². The Balaban J connectivity index is 1.19. The second-order valence-corrected chi connectivity index (χ2v) is 12.3. The highest BCUT2D eigenvalue weighted by Gasteiger charge is 2.54. The summed E-state index contributed by atoms with van der Waals surface area (Å²) in [6, 6.07) is 1.21. The lowest BCUT2D eigenvalue weighted by Crippen LogP contribution is -2.43. The molecule has 4 aromatic heterocycles. The van der Waals surface area contributed by atoms with Crippen LogP contribution in [0.2, 0.25) is 0 Å². The molecular weight excluding hydrogens is 590 g/mol. The lowest BCUT2D eigenvalue weighted by molar-refractivity contribution is -0.0602. The van der Waals surface area contributed by atoms with Crippen molar-refractivity contribution in [3.63, 3.8) is 0 Å². The van der Waals surface area contributed by atoms with E-state index in [9.17, 15) is 24.7 Å². The van der Waals surface area contributed by atoms with Gasteiger partial charge in [0.05, 0.1) is 19.5 Å². The molecule has 2 aliphatic heterocycles. The molecule has 0 bridgehead atoms. The minimum atomic E-state index is -4.35. The number of nitrogens with two attached hydrogens (primary N) is 1. The number of aliphatic hydroxyl groups excluding tert-OH is 3. The number of rotatable bonds is 8. The van der Waals surface area contributed by atoms with Crippen LogP contribution >= 0.6 is 19.0 Å². The van der Waals surface area contributed by atoms with Crippen molar-refractivity contribution < 1.29 is 42.8 Å². The van der Waals surface area contributed by atoms with Crippen molar-refractivity contribution in [1.29, 1.82) is 0 Å². The Morgan fingerprint density at radius 2 is 2.02 bits per heavy atom. The number of anilines is 1. The molecule has 0 aliphatic carbocycles. The fraction of sp³-hybridized carbons (Fsp3) is 0.476. The van der Waals surface area contributed by atoms with Gasteiger partial charge in [-0.1, -0.05) is 12.2 Å². The van der Waals surface area contributed by atoms with Crippen LogP contribution in [0.4, 0.5) is 10.2 Å². The first-order chi connectivity index (χ1) is 19.5. The topological polar surface area (TPSA) is 224 Å². The smallest absolute Gasteiger partial charge is 0.386 e. The summed E-state index contributed by atoms with van der Waals surface area (Å²) in [6.07, 6.45) is -2.02. The molecule has 220 valence electrons. The van der Waals surface area contributed by atoms with Crippen LogP contribution in [0.25, 0.3) is 16.8 Å². The van der Waals surface area contributed by atoms with Gasteiger partial charge < -0.3 is 30.5 Å². The number of hydrogen-bond acceptors (Lipinski definition) is 14. The van der Waals surface area contributed by atoms with Gasteiger partial charge in [-0.2, -0.15) is 0 Å². The van der Waals surface area contributed by atoms with Crippen LogP contribution in [-0.4, -0.2) is 99.4 Å². The number of thiol groups is 1. The quantitative estimate of drug-likeness (QED) is 0.119. The SMILES string of the molecule is Nc1ncnc2c1ncn2[C@]1(F)CO[C@H](CO[P@@](=O)(S)O[C@@H]2[C@H](O)[C@@H](CO)O[C@H]2n2ccc(=O)c3nccn32)[C@H]1O. The van der Waals surface area contributed by atoms with E-state index < -0.39 is 69.2 Å². The summed E-state index contributed by atoms with van der Waals surface area (Å²) in [5.74, 6) is -2.50. The molecule has 5 N–H and O–H groups in total. The summed E-state index contributed by atoms with van der Waals surface area (Å²) in [6.45, 7) is -6.21. The largest absolute Gasteiger partial charge is 0.394 e. The Morgan fingerprint density at radius 3 is 2.80 bits per heavy atom. The zero-order valence-electron chi connectivity index (χ0n) is 20.8. The van der Waals surface area contributed by atoms with Crippen LogP contribution in [0.15, 0.2) is 42.1 Å². The van der Waals surface area contributed by atoms with Crippen LogP contribution in [0.5, 0.6) is 0 Å². The maximum atomic E-state index is 16.0. The summed E-state index contributed by atoms with van der Waals surface area (Å²) < 4.78 is 54.9. The number of nitrogens with zero attached hydrogens (tertiary/aromatic N) is 7. The number of hydrogen-bond donors (Lipinski definition) is 5. The molecule has 4 aromatic rings. The molecule has 20 heteroatoms. The number of aromatic nitrogens is 7. The van der Waals surface area contributed by atoms with Gasteiger partial charge in [0.1, 0.15) is 49.0 Å². The van der Waals surface area contributed by atoms with Crippen molar-refractivity contribution in [3.8, 4) is 0 Å². The predicted molar refractivity (Wildman–Crippen MR) is 138 cm³/mol. The van der Waals surface area contributed by atoms with E-state index in [4.69, 9.17) is 24.3 Å². The van der Waals surface area contributed by atoms with Crippen molar-refractivity contribution in [2.45, 2.75) is 42.5 Å². The van der Waals surface area contributed by atoms with Gasteiger partial charge in [0, 0.05) is 24.7 Å². The third-order valence-corrected chi connectivity index (χ3v) is 8.56. The molecule has 0 amide bonds. The summed E-state index contributed by atoms with van der Waals surface area (Å²) in [4.78, 5) is 27.9. The number of nitrogen functional groups attached to an aromatic ring is 1. The number of ether oxygens (including phenoxy) is 2. The Hall–Kier alpha value is -3.00. The maximum Gasteiger partial charge on any atom is 0.386 e. The van der Waals surface area contributed by atoms with Crippen molar-refractivity contribution >= 4 is 41.7 Å². The average Bonchev–Trinajstić information content (AvgIpc) is 3.72. The monoisotopic (exact) mass is 614 g/mol. The first-order valence-electron chi connectivity index (χ1n) is 12.1. The van der Waals surface area contributed by atoms with Gasteiger partial charge in [-0.15, -0.1) is 0 Å². The van der Waals surface area contributed by atoms with E-state index in [1.807, 2.05) is 0 Å². The van der Waals surface area contributed by atoms with Gasteiger partial charge in [-0.3, -0.25) is 23.1 Å². The number of aliphatic hydroxyl groups is 3. The Bertz CT molecular complexity index is 1700. The summed E-state index contributed by atoms with van der Waals surface area (Å²) in [5, 5.41) is 31.2. The summed E-state index contributed by atoms with van der Waals surface area (Å²) in [5.41, 5.74) is 5.58. The molecule has 0 unspecified atom stereocenters. The average molecular weight is 615 g/mol. The van der Waals surface area contributed by atoms with Crippen LogP contribution < -0.4 is 11.2 Å². The van der Waals surface area contributed by atoms with Crippen LogP contribution in [0.1, 0.15) is 6.23 Å². The molecular formula is C21H24FN8O9PS. The molecule has 41 heavy (non-hydrogen) atoms. The molecule has 6 rings (SSSR count). The molecule has 0 saturated carbocycles. The molecule has 8 atom stereocenters. The predicted octanol–water partition coefficient (Wildman–Crippen LogP) is -1.01. The highest BCUT2D eigenvalue weighted by atomic mass is 32.7. The molecule has 0 radical (unpaired) electrons. The first kappa shape index (κ1) is 28.1. The molecule has 6 heterocycles. The first-order valence-corrected chi connectivity index (χ1v) is 14.8. The minimum absolute atomic E-state index is 0.0227. The van der Waals surface area contributed by atoms with Crippen LogP contribution in [0.3, 0.4) is 0 Å². The van der Waals surface area contributed by atoms with E-state index in [1.165, 1.54) is 33.9 Å². The lowest BCUT2D eigenvalue weighted by atomic mass is 10.1. The highest BCUT2D eigenvalue weighted by Crippen LogP contribution is 2.57. The number of imidazole rings is 2. The fourth-order valence-corrected chi connectivity index (χ4v) is 6.33. The number of halogens is 1. The van der Waals surface area contributed by atoms with Gasteiger partial charge in [-0.05, 0) is 0 Å². The van der Waals surface area contributed by atoms with Gasteiger partial charge >= 0.3 is 6.80 Å². The van der Waals surface area contributed by atoms with Crippen LogP contribution in [0, 0.1) is 0 Å². The fourth-order valence-electron chi connectivity index (χ4n) is 4.87. The zero-order valence-corrected chi connectivity index (χ0v) is 22.6. The van der Waals surface area contributed by atoms with Crippen molar-refractivity contribution in [2.75, 3.05) is 25.6 Å². The molecule has 0 spiro atoms. The van der Waals surface area contributed by atoms with Gasteiger partial charge in [0.2, 0.25) is 11.2 Å². The van der Waals surface area contributed by atoms with Crippen LogP contribution in [-0.2, 0) is 28.9 Å². The molecule has 0 aromatic carbocycles. The molecule has 2 saturated heterocycles. The van der Waals surface area contributed by atoms with Gasteiger partial charge in [0.25, 0.3) is 0 Å². The Morgan fingerprint density at radius 1 is 1.22 bits per heavy atom. The molecule has 2 fully saturated rings. The van der Waals surface area contributed by atoms with E-state index in [0.29, 0.717) is 0 Å². The highest BCUT2D eigenvalue weighted by molar-refractivity contribution is 8.44. The van der Waals surface area contributed by atoms with Crippen molar-refractivity contribution in [1.82, 2.24) is 33.7 Å². The van der Waals surface area contributed by atoms with E-state index in [2.05, 4.69) is 32.2 Å². The summed E-state index contributed by atoms with van der Waals surface area (Å²) in [7, 11) is 0. The second kappa shape index (κ2) is 10.4. The van der Waals surface area contributed by atoms with Gasteiger partial charge in [-0.25, -0.2) is 33.4 Å². The van der Waals surface area contributed by atoms with Crippen molar-refractivity contribution in [3.05, 3.63) is 47.5 Å². The number of alkyl halides is 1. The van der Waals surface area contributed by atoms with E-state index in [1.54, 1.807) is 0 Å². The Kier molecular flexibility index (Phi) is 7.12. The van der Waals surface area contributed by atoms with Gasteiger partial charge in [0.15, 0.2) is 23.3 Å². The van der Waals surface area contributed by atoms with Crippen molar-refractivity contribution in [2.24, 2.45) is 0 Å². The third-order valence-electron chi connectivity index (χ3n) is 6.95. The lowest BCUT2D eigenvalue weighted by Gasteiger charge is -2.27. The maximum absolute atomic E-state index is 16.0. The third kappa shape index (κ3) is 4.72. The second-order valence-electron chi connectivity index (χ2n) is 9.39. The summed E-state index contributed by atoms with van der Waals surface area (Å²) >= 11 is 3.98. The zero-order chi connectivity index (χ0) is 29.1. The Labute approximate surface area is 233 Å². The number of fused-ring (bicyclic) bond motifs is 2.